The first-order chi connectivity index (χ1) is 15.2. The lowest BCUT2D eigenvalue weighted by atomic mass is 10.1. The first kappa shape index (κ1) is 23.9. The molecule has 0 saturated heterocycles. The molecule has 0 atom stereocenters. The lowest BCUT2D eigenvalue weighted by molar-refractivity contribution is -0.137. The van der Waals surface area contributed by atoms with Crippen molar-refractivity contribution < 1.29 is 18.0 Å². The van der Waals surface area contributed by atoms with E-state index in [0.717, 1.165) is 37.1 Å². The van der Waals surface area contributed by atoms with Crippen molar-refractivity contribution in [3.05, 3.63) is 65.2 Å². The molecule has 0 aliphatic rings. The maximum atomic E-state index is 13.1. The zero-order valence-corrected chi connectivity index (χ0v) is 19.0. The second-order valence-corrected chi connectivity index (χ2v) is 8.67. The summed E-state index contributed by atoms with van der Waals surface area (Å²) >= 11 is 1.29. The van der Waals surface area contributed by atoms with Crippen LogP contribution in [0.1, 0.15) is 41.3 Å². The van der Waals surface area contributed by atoms with Crippen LogP contribution in [0.3, 0.4) is 0 Å². The highest BCUT2D eigenvalue weighted by Crippen LogP contribution is 2.32. The molecule has 0 aliphatic carbocycles. The van der Waals surface area contributed by atoms with Gasteiger partial charge in [0.15, 0.2) is 0 Å². The lowest BCUT2D eigenvalue weighted by Crippen LogP contribution is -2.32. The molecule has 1 heterocycles. The molecule has 170 valence electrons. The number of unbranched alkanes of at least 4 members (excludes halogenated alkanes) is 1. The van der Waals surface area contributed by atoms with E-state index in [9.17, 15) is 18.0 Å². The van der Waals surface area contributed by atoms with E-state index in [1.807, 2.05) is 45.3 Å². The average molecular weight is 463 g/mol. The van der Waals surface area contributed by atoms with E-state index in [-0.39, 0.29) is 5.56 Å². The normalized spacial score (nSPS) is 11.7. The molecule has 0 aliphatic heterocycles. The third kappa shape index (κ3) is 5.92. The van der Waals surface area contributed by atoms with Gasteiger partial charge in [-0.2, -0.15) is 13.2 Å². The van der Waals surface area contributed by atoms with Crippen LogP contribution in [0.2, 0.25) is 0 Å². The van der Waals surface area contributed by atoms with Crippen molar-refractivity contribution in [1.82, 2.24) is 15.1 Å². The molecule has 5 nitrogen and oxygen atoms in total. The van der Waals surface area contributed by atoms with Crippen LogP contribution in [0.25, 0.3) is 10.6 Å². The van der Waals surface area contributed by atoms with Crippen LogP contribution in [-0.4, -0.2) is 41.6 Å². The monoisotopic (exact) mass is 462 g/mol. The summed E-state index contributed by atoms with van der Waals surface area (Å²) in [6.07, 6.45) is -2.85. The maximum absolute atomic E-state index is 13.1. The number of halogens is 3. The van der Waals surface area contributed by atoms with Crippen LogP contribution in [0.5, 0.6) is 0 Å². The van der Waals surface area contributed by atoms with Crippen molar-refractivity contribution in [2.75, 3.05) is 25.5 Å². The molecule has 0 spiro atoms. The number of rotatable bonds is 8. The fraction of sp³-hybridized carbons (Fsp3) is 0.348. The smallest absolute Gasteiger partial charge is 0.305 e. The molecule has 1 amide bonds. The Labute approximate surface area is 189 Å². The van der Waals surface area contributed by atoms with E-state index in [2.05, 4.69) is 15.1 Å². The van der Waals surface area contributed by atoms with Gasteiger partial charge >= 0.3 is 6.18 Å². The molecule has 0 saturated carbocycles. The Bertz CT molecular complexity index is 1030. The number of hydrogen-bond acceptors (Lipinski definition) is 5. The Hall–Kier alpha value is -2.78. The molecule has 0 N–H and O–H groups in total. The molecule has 32 heavy (non-hydrogen) atoms. The molecule has 2 aromatic carbocycles. The minimum atomic E-state index is -4.44. The van der Waals surface area contributed by atoms with Crippen molar-refractivity contribution in [2.24, 2.45) is 0 Å². The molecule has 0 unspecified atom stereocenters. The van der Waals surface area contributed by atoms with E-state index in [1.54, 1.807) is 0 Å². The Balaban J connectivity index is 1.83. The summed E-state index contributed by atoms with van der Waals surface area (Å²) in [6, 6.07) is 12.2. The number of anilines is 1. The van der Waals surface area contributed by atoms with Gasteiger partial charge < -0.3 is 4.90 Å². The number of nitrogens with zero attached hydrogens (tertiary/aromatic N) is 4. The summed E-state index contributed by atoms with van der Waals surface area (Å²) in [5.41, 5.74) is 1.46. The van der Waals surface area contributed by atoms with Gasteiger partial charge in [0, 0.05) is 24.2 Å². The van der Waals surface area contributed by atoms with Gasteiger partial charge in [-0.1, -0.05) is 48.9 Å². The minimum Gasteiger partial charge on any atom is -0.305 e. The first-order valence-electron chi connectivity index (χ1n) is 10.3. The largest absolute Gasteiger partial charge is 0.416 e. The van der Waals surface area contributed by atoms with Gasteiger partial charge in [-0.05, 0) is 50.3 Å². The summed E-state index contributed by atoms with van der Waals surface area (Å²) in [4.78, 5) is 16.7. The van der Waals surface area contributed by atoms with Crippen molar-refractivity contribution in [3.8, 4) is 10.6 Å². The average Bonchev–Trinajstić information content (AvgIpc) is 3.23. The number of benzene rings is 2. The van der Waals surface area contributed by atoms with Crippen molar-refractivity contribution in [2.45, 2.75) is 32.5 Å². The fourth-order valence-corrected chi connectivity index (χ4v) is 3.99. The second kappa shape index (κ2) is 10.2. The third-order valence-electron chi connectivity index (χ3n) is 4.78. The quantitative estimate of drug-likeness (QED) is 0.429. The number of carbonyl (C=O) groups excluding carboxylic acids is 1. The number of hydrogen-bond donors (Lipinski definition) is 0. The highest BCUT2D eigenvalue weighted by atomic mass is 32.1. The van der Waals surface area contributed by atoms with E-state index in [4.69, 9.17) is 0 Å². The van der Waals surface area contributed by atoms with E-state index < -0.39 is 17.6 Å². The van der Waals surface area contributed by atoms with Gasteiger partial charge in [-0.25, -0.2) is 0 Å². The Morgan fingerprint density at radius 3 is 2.22 bits per heavy atom. The number of aromatic nitrogens is 2. The minimum absolute atomic E-state index is 0.180. The summed E-state index contributed by atoms with van der Waals surface area (Å²) < 4.78 is 38.5. The maximum Gasteiger partial charge on any atom is 0.416 e. The second-order valence-electron chi connectivity index (χ2n) is 7.71. The van der Waals surface area contributed by atoms with Gasteiger partial charge in [0.25, 0.3) is 5.91 Å². The predicted molar refractivity (Wildman–Crippen MR) is 121 cm³/mol. The standard InChI is InChI=1S/C23H25F3N4OS/c1-4-5-14-30(21(31)18-10-12-19(13-11-18)23(24,25)26)22-28-27-20(32-22)17-8-6-16(7-9-17)15-29(2)3/h6-13H,4-5,14-15H2,1-3H3. The highest BCUT2D eigenvalue weighted by Gasteiger charge is 2.30. The topological polar surface area (TPSA) is 49.3 Å². The SMILES string of the molecule is CCCCN(C(=O)c1ccc(C(F)(F)F)cc1)c1nnc(-c2ccc(CN(C)C)cc2)s1. The molecule has 9 heteroatoms. The third-order valence-corrected chi connectivity index (χ3v) is 5.78. The summed E-state index contributed by atoms with van der Waals surface area (Å²) in [5, 5.41) is 9.55. The molecule has 0 radical (unpaired) electrons. The molecular weight excluding hydrogens is 437 g/mol. The molecule has 3 aromatic rings. The number of carbonyl (C=O) groups is 1. The van der Waals surface area contributed by atoms with Crippen molar-refractivity contribution >= 4 is 22.4 Å². The highest BCUT2D eigenvalue weighted by molar-refractivity contribution is 7.18. The molecule has 1 aromatic heterocycles. The summed E-state index contributed by atoms with van der Waals surface area (Å²) in [6.45, 7) is 3.24. The van der Waals surface area contributed by atoms with Crippen LogP contribution < -0.4 is 4.90 Å². The van der Waals surface area contributed by atoms with Crippen molar-refractivity contribution in [1.29, 1.82) is 0 Å². The molecule has 3 rings (SSSR count). The zero-order chi connectivity index (χ0) is 23.3. The molecule has 0 bridgehead atoms. The van der Waals surface area contributed by atoms with Gasteiger partial charge in [-0.3, -0.25) is 9.69 Å². The molecule has 0 fully saturated rings. The van der Waals surface area contributed by atoms with Gasteiger partial charge in [0.1, 0.15) is 5.01 Å². The van der Waals surface area contributed by atoms with Gasteiger partial charge in [-0.15, -0.1) is 10.2 Å². The Morgan fingerprint density at radius 2 is 1.66 bits per heavy atom. The van der Waals surface area contributed by atoms with Gasteiger partial charge in [0.2, 0.25) is 5.13 Å². The van der Waals surface area contributed by atoms with Crippen LogP contribution >= 0.6 is 11.3 Å². The zero-order valence-electron chi connectivity index (χ0n) is 18.2. The first-order valence-corrected chi connectivity index (χ1v) is 11.1. The van der Waals surface area contributed by atoms with Crippen LogP contribution in [0.4, 0.5) is 18.3 Å². The fourth-order valence-electron chi connectivity index (χ4n) is 3.12. The summed E-state index contributed by atoms with van der Waals surface area (Å²) in [7, 11) is 4.01. The number of alkyl halides is 3. The number of amides is 1. The Kier molecular flexibility index (Phi) is 7.63. The van der Waals surface area contributed by atoms with Crippen molar-refractivity contribution in [3.63, 3.8) is 0 Å². The molecular formula is C23H25F3N4OS. The van der Waals surface area contributed by atoms with E-state index >= 15 is 0 Å². The summed E-state index contributed by atoms with van der Waals surface area (Å²) in [5.74, 6) is -0.392. The van der Waals surface area contributed by atoms with Crippen LogP contribution in [-0.2, 0) is 12.7 Å². The van der Waals surface area contributed by atoms with Crippen LogP contribution in [0, 0.1) is 0 Å². The van der Waals surface area contributed by atoms with Gasteiger partial charge in [0.05, 0.1) is 5.56 Å². The predicted octanol–water partition coefficient (Wildman–Crippen LogP) is 5.73. The van der Waals surface area contributed by atoms with E-state index in [0.29, 0.717) is 16.7 Å². The lowest BCUT2D eigenvalue weighted by Gasteiger charge is -2.19. The van der Waals surface area contributed by atoms with E-state index in [1.165, 1.54) is 33.9 Å². The van der Waals surface area contributed by atoms with Crippen LogP contribution in [0.15, 0.2) is 48.5 Å². The Morgan fingerprint density at radius 1 is 1.00 bits per heavy atom.